The predicted molar refractivity (Wildman–Crippen MR) is 67.2 cm³/mol. The van der Waals surface area contributed by atoms with E-state index in [0.717, 1.165) is 31.5 Å². The minimum absolute atomic E-state index is 0.324. The molecular formula is C13H20N2O2. The summed E-state index contributed by atoms with van der Waals surface area (Å²) in [6.45, 7) is 0.324. The van der Waals surface area contributed by atoms with Crippen molar-refractivity contribution in [3.63, 3.8) is 0 Å². The van der Waals surface area contributed by atoms with Gasteiger partial charge < -0.3 is 15.2 Å². The van der Waals surface area contributed by atoms with E-state index in [-0.39, 0.29) is 0 Å². The Kier molecular flexibility index (Phi) is 4.20. The number of aromatic nitrogens is 1. The van der Waals surface area contributed by atoms with Crippen LogP contribution < -0.4 is 10.1 Å². The molecule has 0 unspecified atom stereocenters. The van der Waals surface area contributed by atoms with E-state index < -0.39 is 0 Å². The average molecular weight is 236 g/mol. The Morgan fingerprint density at radius 2 is 2.12 bits per heavy atom. The van der Waals surface area contributed by atoms with Crippen molar-refractivity contribution in [2.24, 2.45) is 5.92 Å². The van der Waals surface area contributed by atoms with Crippen LogP contribution in [-0.4, -0.2) is 29.8 Å². The zero-order chi connectivity index (χ0) is 12.1. The van der Waals surface area contributed by atoms with Crippen molar-refractivity contribution < 1.29 is 9.84 Å². The van der Waals surface area contributed by atoms with Crippen LogP contribution in [0.2, 0.25) is 0 Å². The molecule has 0 saturated heterocycles. The van der Waals surface area contributed by atoms with Gasteiger partial charge in [0.25, 0.3) is 0 Å². The summed E-state index contributed by atoms with van der Waals surface area (Å²) >= 11 is 0. The van der Waals surface area contributed by atoms with Crippen LogP contribution in [0, 0.1) is 5.92 Å². The molecule has 1 aromatic heterocycles. The first-order valence-corrected chi connectivity index (χ1v) is 6.20. The van der Waals surface area contributed by atoms with E-state index in [4.69, 9.17) is 9.84 Å². The van der Waals surface area contributed by atoms with Gasteiger partial charge in [-0.15, -0.1) is 0 Å². The zero-order valence-electron chi connectivity index (χ0n) is 10.2. The lowest BCUT2D eigenvalue weighted by Gasteiger charge is -2.28. The monoisotopic (exact) mass is 236 g/mol. The number of methoxy groups -OCH3 is 1. The molecule has 0 radical (unpaired) electrons. The van der Waals surface area contributed by atoms with E-state index >= 15 is 0 Å². The number of aliphatic hydroxyl groups is 1. The lowest BCUT2D eigenvalue weighted by atomic mass is 9.86. The molecule has 2 rings (SSSR count). The van der Waals surface area contributed by atoms with Gasteiger partial charge in [-0.2, -0.15) is 4.98 Å². The number of hydrogen-bond donors (Lipinski definition) is 2. The van der Waals surface area contributed by atoms with Gasteiger partial charge in [-0.1, -0.05) is 6.07 Å². The van der Waals surface area contributed by atoms with Gasteiger partial charge in [0.05, 0.1) is 7.11 Å². The predicted octanol–water partition coefficient (Wildman–Crippen LogP) is 2.05. The van der Waals surface area contributed by atoms with E-state index in [1.165, 1.54) is 0 Å². The summed E-state index contributed by atoms with van der Waals surface area (Å²) < 4.78 is 5.09. The molecule has 0 aromatic carbocycles. The van der Waals surface area contributed by atoms with Crippen LogP contribution in [0.25, 0.3) is 0 Å². The second-order valence-corrected chi connectivity index (χ2v) is 4.61. The summed E-state index contributed by atoms with van der Waals surface area (Å²) in [5.74, 6) is 2.00. The van der Waals surface area contributed by atoms with E-state index in [1.807, 2.05) is 18.2 Å². The fraction of sp³-hybridized carbons (Fsp3) is 0.615. The third kappa shape index (κ3) is 3.33. The normalized spacial score (nSPS) is 24.4. The van der Waals surface area contributed by atoms with Gasteiger partial charge in [-0.3, -0.25) is 0 Å². The molecule has 94 valence electrons. The molecular weight excluding hydrogens is 216 g/mol. The molecule has 17 heavy (non-hydrogen) atoms. The van der Waals surface area contributed by atoms with Gasteiger partial charge in [0.2, 0.25) is 5.88 Å². The van der Waals surface area contributed by atoms with Crippen LogP contribution in [0.3, 0.4) is 0 Å². The van der Waals surface area contributed by atoms with Gasteiger partial charge >= 0.3 is 0 Å². The average Bonchev–Trinajstić information content (AvgIpc) is 2.40. The zero-order valence-corrected chi connectivity index (χ0v) is 10.2. The fourth-order valence-corrected chi connectivity index (χ4v) is 2.31. The van der Waals surface area contributed by atoms with Crippen molar-refractivity contribution >= 4 is 5.82 Å². The lowest BCUT2D eigenvalue weighted by Crippen LogP contribution is -2.27. The highest BCUT2D eigenvalue weighted by molar-refractivity contribution is 5.38. The SMILES string of the molecule is COc1cccc(NC2CCC(CO)CC2)n1. The highest BCUT2D eigenvalue weighted by atomic mass is 16.5. The fourth-order valence-electron chi connectivity index (χ4n) is 2.31. The minimum Gasteiger partial charge on any atom is -0.481 e. The van der Waals surface area contributed by atoms with Crippen molar-refractivity contribution in [1.29, 1.82) is 0 Å². The van der Waals surface area contributed by atoms with Crippen LogP contribution in [0.5, 0.6) is 5.88 Å². The van der Waals surface area contributed by atoms with Crippen molar-refractivity contribution in [3.8, 4) is 5.88 Å². The maximum Gasteiger partial charge on any atom is 0.214 e. The Balaban J connectivity index is 1.88. The van der Waals surface area contributed by atoms with Gasteiger partial charge in [0.15, 0.2) is 0 Å². The number of ether oxygens (including phenoxy) is 1. The quantitative estimate of drug-likeness (QED) is 0.840. The molecule has 4 heteroatoms. The molecule has 0 amide bonds. The molecule has 0 aliphatic heterocycles. The Morgan fingerprint density at radius 1 is 1.35 bits per heavy atom. The van der Waals surface area contributed by atoms with Gasteiger partial charge in [-0.05, 0) is 37.7 Å². The first-order chi connectivity index (χ1) is 8.31. The lowest BCUT2D eigenvalue weighted by molar-refractivity contribution is 0.185. The minimum atomic E-state index is 0.324. The third-order valence-corrected chi connectivity index (χ3v) is 3.39. The second-order valence-electron chi connectivity index (χ2n) is 4.61. The summed E-state index contributed by atoms with van der Waals surface area (Å²) in [4.78, 5) is 4.34. The summed E-state index contributed by atoms with van der Waals surface area (Å²) in [6, 6.07) is 6.21. The number of hydrogen-bond acceptors (Lipinski definition) is 4. The van der Waals surface area contributed by atoms with Crippen molar-refractivity contribution in [3.05, 3.63) is 18.2 Å². The molecule has 1 aliphatic rings. The maximum absolute atomic E-state index is 9.09. The number of pyridine rings is 1. The summed E-state index contributed by atoms with van der Waals surface area (Å²) in [7, 11) is 1.62. The summed E-state index contributed by atoms with van der Waals surface area (Å²) in [5, 5.41) is 12.5. The Bertz CT molecular complexity index is 349. The smallest absolute Gasteiger partial charge is 0.214 e. The van der Waals surface area contributed by atoms with Crippen LogP contribution in [0.1, 0.15) is 25.7 Å². The molecule has 2 N–H and O–H groups in total. The van der Waals surface area contributed by atoms with Gasteiger partial charge in [0, 0.05) is 18.7 Å². The number of aliphatic hydroxyl groups excluding tert-OH is 1. The number of rotatable bonds is 4. The molecule has 1 fully saturated rings. The molecule has 0 atom stereocenters. The summed E-state index contributed by atoms with van der Waals surface area (Å²) in [6.07, 6.45) is 4.39. The largest absolute Gasteiger partial charge is 0.481 e. The Hall–Kier alpha value is -1.29. The Morgan fingerprint density at radius 3 is 2.76 bits per heavy atom. The van der Waals surface area contributed by atoms with Crippen LogP contribution in [0.15, 0.2) is 18.2 Å². The molecule has 1 heterocycles. The van der Waals surface area contributed by atoms with Gasteiger partial charge in [-0.25, -0.2) is 0 Å². The third-order valence-electron chi connectivity index (χ3n) is 3.39. The first kappa shape index (κ1) is 12.2. The molecule has 1 aliphatic carbocycles. The van der Waals surface area contributed by atoms with Gasteiger partial charge in [0.1, 0.15) is 5.82 Å². The van der Waals surface area contributed by atoms with Crippen LogP contribution in [-0.2, 0) is 0 Å². The second kappa shape index (κ2) is 5.87. The highest BCUT2D eigenvalue weighted by Crippen LogP contribution is 2.26. The number of nitrogens with zero attached hydrogens (tertiary/aromatic N) is 1. The number of nitrogens with one attached hydrogen (secondary N) is 1. The van der Waals surface area contributed by atoms with E-state index in [2.05, 4.69) is 10.3 Å². The van der Waals surface area contributed by atoms with E-state index in [0.29, 0.717) is 24.4 Å². The molecule has 1 saturated carbocycles. The van der Waals surface area contributed by atoms with E-state index in [9.17, 15) is 0 Å². The van der Waals surface area contributed by atoms with Crippen LogP contribution in [0.4, 0.5) is 5.82 Å². The molecule has 0 spiro atoms. The molecule has 1 aromatic rings. The molecule has 4 nitrogen and oxygen atoms in total. The highest BCUT2D eigenvalue weighted by Gasteiger charge is 2.20. The summed E-state index contributed by atoms with van der Waals surface area (Å²) in [5.41, 5.74) is 0. The number of anilines is 1. The Labute approximate surface area is 102 Å². The standard InChI is InChI=1S/C13H20N2O2/c1-17-13-4-2-3-12(15-13)14-11-7-5-10(9-16)6-8-11/h2-4,10-11,16H,5-9H2,1H3,(H,14,15). The van der Waals surface area contributed by atoms with Crippen molar-refractivity contribution in [2.75, 3.05) is 19.0 Å². The van der Waals surface area contributed by atoms with Crippen molar-refractivity contribution in [2.45, 2.75) is 31.7 Å². The first-order valence-electron chi connectivity index (χ1n) is 6.20. The molecule has 0 bridgehead atoms. The maximum atomic E-state index is 9.09. The van der Waals surface area contributed by atoms with Crippen LogP contribution >= 0.6 is 0 Å². The van der Waals surface area contributed by atoms with E-state index in [1.54, 1.807) is 7.11 Å². The topological polar surface area (TPSA) is 54.4 Å². The van der Waals surface area contributed by atoms with Crippen molar-refractivity contribution in [1.82, 2.24) is 4.98 Å².